The van der Waals surface area contributed by atoms with Gasteiger partial charge in [-0.05, 0) is 39.0 Å². The van der Waals surface area contributed by atoms with Gasteiger partial charge in [0.15, 0.2) is 5.60 Å². The Morgan fingerprint density at radius 1 is 1.07 bits per heavy atom. The van der Waals surface area contributed by atoms with Crippen LogP contribution in [0.1, 0.15) is 52.9 Å². The summed E-state index contributed by atoms with van der Waals surface area (Å²) >= 11 is 0. The van der Waals surface area contributed by atoms with Gasteiger partial charge in [-0.3, -0.25) is 9.59 Å². The van der Waals surface area contributed by atoms with Crippen LogP contribution in [0, 0.1) is 28.1 Å². The van der Waals surface area contributed by atoms with Crippen molar-refractivity contribution in [2.75, 3.05) is 0 Å². The molecule has 1 aliphatic heterocycles. The molecule has 150 valence electrons. The number of fused-ring (bicyclic) bond motifs is 1. The van der Waals surface area contributed by atoms with Crippen LogP contribution >= 0.6 is 0 Å². The van der Waals surface area contributed by atoms with Gasteiger partial charge in [0.1, 0.15) is 5.78 Å². The fourth-order valence-corrected chi connectivity index (χ4v) is 7.98. The van der Waals surface area contributed by atoms with E-state index in [9.17, 15) is 30.0 Å². The fourth-order valence-electron chi connectivity index (χ4n) is 7.98. The Morgan fingerprint density at radius 3 is 2.41 bits per heavy atom. The molecule has 4 saturated carbocycles. The highest BCUT2D eigenvalue weighted by Crippen LogP contribution is 2.77. The van der Waals surface area contributed by atoms with E-state index in [0.717, 1.165) is 0 Å². The molecule has 1 saturated heterocycles. The second-order valence-corrected chi connectivity index (χ2v) is 10.2. The average molecular weight is 380 g/mol. The Labute approximate surface area is 157 Å². The van der Waals surface area contributed by atoms with E-state index < -0.39 is 63.6 Å². The summed E-state index contributed by atoms with van der Waals surface area (Å²) in [6.07, 6.45) is -2.45. The van der Waals surface area contributed by atoms with Gasteiger partial charge in [-0.2, -0.15) is 0 Å². The molecule has 0 aromatic rings. The molecule has 4 N–H and O–H groups in total. The van der Waals surface area contributed by atoms with Gasteiger partial charge in [-0.25, -0.2) is 0 Å². The Bertz CT molecular complexity index is 767. The molecule has 10 atom stereocenters. The summed E-state index contributed by atoms with van der Waals surface area (Å²) in [4.78, 5) is 26.4. The minimum absolute atomic E-state index is 0.0180. The van der Waals surface area contributed by atoms with E-state index in [1.54, 1.807) is 20.8 Å². The minimum atomic E-state index is -1.45. The third-order valence-electron chi connectivity index (χ3n) is 9.61. The molecule has 5 rings (SSSR count). The van der Waals surface area contributed by atoms with Crippen LogP contribution in [0.2, 0.25) is 0 Å². The molecule has 5 aliphatic rings. The van der Waals surface area contributed by atoms with Crippen molar-refractivity contribution in [1.82, 2.24) is 0 Å². The topological polar surface area (TPSA) is 124 Å². The monoisotopic (exact) mass is 380 g/mol. The smallest absolute Gasteiger partial charge is 0.313 e. The van der Waals surface area contributed by atoms with Crippen molar-refractivity contribution in [2.24, 2.45) is 28.1 Å². The number of aliphatic hydroxyl groups is 4. The van der Waals surface area contributed by atoms with Crippen molar-refractivity contribution in [3.8, 4) is 0 Å². The lowest BCUT2D eigenvalue weighted by Crippen LogP contribution is -2.79. The first kappa shape index (κ1) is 18.0. The lowest BCUT2D eigenvalue weighted by atomic mass is 9.37. The molecule has 4 aliphatic carbocycles. The largest absolute Gasteiger partial charge is 0.455 e. The van der Waals surface area contributed by atoms with Crippen LogP contribution < -0.4 is 0 Å². The van der Waals surface area contributed by atoms with Crippen LogP contribution in [0.3, 0.4) is 0 Å². The Balaban J connectivity index is 1.82. The number of Topliss-reactive ketones (excluding diaryl/α,β-unsaturated/α-hetero) is 1. The predicted octanol–water partition coefficient (Wildman–Crippen LogP) is -0.0789. The van der Waals surface area contributed by atoms with Crippen molar-refractivity contribution in [3.63, 3.8) is 0 Å². The molecule has 27 heavy (non-hydrogen) atoms. The summed E-state index contributed by atoms with van der Waals surface area (Å²) in [5.74, 6) is -2.25. The first-order chi connectivity index (χ1) is 12.4. The van der Waals surface area contributed by atoms with Crippen molar-refractivity contribution in [2.45, 2.75) is 82.4 Å². The summed E-state index contributed by atoms with van der Waals surface area (Å²) in [5, 5.41) is 44.6. The summed E-state index contributed by atoms with van der Waals surface area (Å²) < 4.78 is 5.95. The highest BCUT2D eigenvalue weighted by molar-refractivity contribution is 5.94. The van der Waals surface area contributed by atoms with Gasteiger partial charge in [0.05, 0.1) is 34.7 Å². The molecular formula is C20H28O7. The zero-order valence-corrected chi connectivity index (χ0v) is 15.9. The second kappa shape index (κ2) is 4.58. The predicted molar refractivity (Wildman–Crippen MR) is 91.2 cm³/mol. The normalized spacial score (nSPS) is 64.2. The van der Waals surface area contributed by atoms with E-state index in [-0.39, 0.29) is 12.2 Å². The first-order valence-electron chi connectivity index (χ1n) is 9.97. The van der Waals surface area contributed by atoms with E-state index >= 15 is 0 Å². The van der Waals surface area contributed by atoms with Gasteiger partial charge in [-0.1, -0.05) is 13.8 Å². The van der Waals surface area contributed by atoms with Crippen molar-refractivity contribution >= 4 is 11.8 Å². The quantitative estimate of drug-likeness (QED) is 0.433. The number of ether oxygens (including phenoxy) is 1. The second-order valence-electron chi connectivity index (χ2n) is 10.2. The minimum Gasteiger partial charge on any atom is -0.455 e. The van der Waals surface area contributed by atoms with E-state index in [1.807, 2.05) is 0 Å². The van der Waals surface area contributed by atoms with Gasteiger partial charge in [0.25, 0.3) is 0 Å². The number of esters is 1. The molecule has 7 heteroatoms. The van der Waals surface area contributed by atoms with Crippen molar-refractivity contribution < 1.29 is 34.8 Å². The van der Waals surface area contributed by atoms with E-state index in [0.29, 0.717) is 25.7 Å². The molecule has 5 fully saturated rings. The Hall–Kier alpha value is -1.02. The lowest BCUT2D eigenvalue weighted by molar-refractivity contribution is -0.314. The molecule has 0 radical (unpaired) electrons. The van der Waals surface area contributed by atoms with Crippen LogP contribution in [0.5, 0.6) is 0 Å². The first-order valence-corrected chi connectivity index (χ1v) is 9.97. The Kier molecular flexibility index (Phi) is 3.06. The average Bonchev–Trinajstić information content (AvgIpc) is 2.92. The number of hydrogen-bond donors (Lipinski definition) is 4. The molecule has 4 bridgehead atoms. The molecule has 0 amide bonds. The van der Waals surface area contributed by atoms with Crippen LogP contribution in [0.25, 0.3) is 0 Å². The van der Waals surface area contributed by atoms with Crippen LogP contribution in [-0.4, -0.2) is 61.7 Å². The maximum absolute atomic E-state index is 13.5. The van der Waals surface area contributed by atoms with Gasteiger partial charge in [0.2, 0.25) is 0 Å². The molecule has 0 aromatic heterocycles. The fraction of sp³-hybridized carbons (Fsp3) is 0.900. The zero-order chi connectivity index (χ0) is 19.8. The third-order valence-corrected chi connectivity index (χ3v) is 9.61. The lowest BCUT2D eigenvalue weighted by Gasteiger charge is -2.67. The van der Waals surface area contributed by atoms with Gasteiger partial charge in [0, 0.05) is 17.3 Å². The summed E-state index contributed by atoms with van der Waals surface area (Å²) in [6.45, 7) is 5.19. The number of hydrogen-bond acceptors (Lipinski definition) is 7. The molecule has 0 unspecified atom stereocenters. The molecule has 0 aromatic carbocycles. The zero-order valence-electron chi connectivity index (χ0n) is 15.9. The number of carbonyl (C=O) groups is 2. The standard InChI is InChI=1S/C20H28O7/c1-9-13(23)19-8-18(9,26)7-6-17(19,3)20-10(21)4-5-16(2,15(25)27-20)12(20)11(22)14(19)24/h9-12,14,21-22,24,26H,4-8H2,1-3H3/t9-,10-,11-,12+,14-,16+,17-,18-,19-,20-/m0/s1. The summed E-state index contributed by atoms with van der Waals surface area (Å²) in [6, 6.07) is 0. The summed E-state index contributed by atoms with van der Waals surface area (Å²) in [7, 11) is 0. The maximum Gasteiger partial charge on any atom is 0.313 e. The number of aliphatic hydroxyl groups excluding tert-OH is 3. The molecular weight excluding hydrogens is 352 g/mol. The highest BCUT2D eigenvalue weighted by Gasteiger charge is 2.87. The number of ketones is 1. The van der Waals surface area contributed by atoms with Crippen LogP contribution in [0.15, 0.2) is 0 Å². The number of carbonyl (C=O) groups excluding carboxylic acids is 2. The van der Waals surface area contributed by atoms with Gasteiger partial charge < -0.3 is 25.2 Å². The molecule has 1 spiro atoms. The van der Waals surface area contributed by atoms with E-state index in [1.165, 1.54) is 0 Å². The third kappa shape index (κ3) is 1.46. The van der Waals surface area contributed by atoms with Crippen molar-refractivity contribution in [3.05, 3.63) is 0 Å². The highest BCUT2D eigenvalue weighted by atomic mass is 16.6. The SMILES string of the molecule is C[C@H]1C(=O)[C@]23C[C@@]1(O)CC[C@]2(C)[C@]12OC(=O)[C@](C)(CC[C@@H]1O)[C@H]2[C@H](O)[C@@H]3O. The Morgan fingerprint density at radius 2 is 1.74 bits per heavy atom. The van der Waals surface area contributed by atoms with Crippen LogP contribution in [-0.2, 0) is 14.3 Å². The summed E-state index contributed by atoms with van der Waals surface area (Å²) in [5.41, 5.74) is -6.20. The van der Waals surface area contributed by atoms with E-state index in [2.05, 4.69) is 0 Å². The van der Waals surface area contributed by atoms with Crippen LogP contribution in [0.4, 0.5) is 0 Å². The van der Waals surface area contributed by atoms with Gasteiger partial charge >= 0.3 is 5.97 Å². The van der Waals surface area contributed by atoms with Gasteiger partial charge in [-0.15, -0.1) is 0 Å². The van der Waals surface area contributed by atoms with E-state index in [4.69, 9.17) is 4.74 Å². The molecule has 7 nitrogen and oxygen atoms in total. The maximum atomic E-state index is 13.5. The van der Waals surface area contributed by atoms with Crippen molar-refractivity contribution in [1.29, 1.82) is 0 Å². The molecule has 1 heterocycles. The number of rotatable bonds is 0.